The highest BCUT2D eigenvalue weighted by molar-refractivity contribution is 5.94. The summed E-state index contributed by atoms with van der Waals surface area (Å²) in [6.45, 7) is 0.858. The zero-order chi connectivity index (χ0) is 19.5. The number of benzene rings is 1. The zero-order valence-electron chi connectivity index (χ0n) is 15.1. The van der Waals surface area contributed by atoms with Gasteiger partial charge in [0.05, 0.1) is 18.3 Å². The normalized spacial score (nSPS) is 11.1. The number of methoxy groups -OCH3 is 1. The van der Waals surface area contributed by atoms with E-state index in [9.17, 15) is 9.18 Å². The third kappa shape index (κ3) is 3.37. The van der Waals surface area contributed by atoms with Crippen LogP contribution in [0.3, 0.4) is 0 Å². The van der Waals surface area contributed by atoms with E-state index in [1.165, 1.54) is 18.5 Å². The maximum atomic E-state index is 13.7. The van der Waals surface area contributed by atoms with E-state index in [1.807, 2.05) is 6.07 Å². The van der Waals surface area contributed by atoms with E-state index in [0.717, 1.165) is 5.56 Å². The Bertz CT molecular complexity index is 1170. The number of nitrogens with zero attached hydrogens (tertiary/aromatic N) is 3. The van der Waals surface area contributed by atoms with E-state index < -0.39 is 0 Å². The van der Waals surface area contributed by atoms with Crippen LogP contribution in [0.2, 0.25) is 0 Å². The average molecular weight is 380 g/mol. The van der Waals surface area contributed by atoms with Gasteiger partial charge in [0.1, 0.15) is 12.4 Å². The lowest BCUT2D eigenvalue weighted by molar-refractivity contribution is 0.144. The molecule has 8 heteroatoms. The van der Waals surface area contributed by atoms with Crippen LogP contribution in [-0.4, -0.2) is 39.8 Å². The monoisotopic (exact) mass is 380 g/mol. The summed E-state index contributed by atoms with van der Waals surface area (Å²) in [6.07, 6.45) is 4.71. The fraction of sp³-hybridized carbons (Fsp3) is 0.150. The maximum absolute atomic E-state index is 13.7. The topological polar surface area (TPSA) is 82.0 Å². The summed E-state index contributed by atoms with van der Waals surface area (Å²) >= 11 is 0. The van der Waals surface area contributed by atoms with Crippen LogP contribution in [-0.2, 0) is 4.74 Å². The SMILES string of the molecule is COCCOc1ccc(-c2cn(-c3cccc(F)c3)c3nc[nH]c(=O)c23)cn1. The minimum Gasteiger partial charge on any atom is -0.475 e. The number of ether oxygens (including phenoxy) is 2. The molecule has 1 aromatic carbocycles. The fourth-order valence-electron chi connectivity index (χ4n) is 2.97. The van der Waals surface area contributed by atoms with Gasteiger partial charge in [-0.25, -0.2) is 14.4 Å². The smallest absolute Gasteiger partial charge is 0.260 e. The highest BCUT2D eigenvalue weighted by atomic mass is 19.1. The van der Waals surface area contributed by atoms with Crippen LogP contribution in [0.4, 0.5) is 4.39 Å². The van der Waals surface area contributed by atoms with Gasteiger partial charge in [0, 0.05) is 42.4 Å². The third-order valence-electron chi connectivity index (χ3n) is 4.26. The number of pyridine rings is 1. The average Bonchev–Trinajstić information content (AvgIpc) is 3.10. The highest BCUT2D eigenvalue weighted by Gasteiger charge is 2.16. The first-order valence-electron chi connectivity index (χ1n) is 8.60. The van der Waals surface area contributed by atoms with Gasteiger partial charge in [-0.2, -0.15) is 0 Å². The van der Waals surface area contributed by atoms with E-state index in [2.05, 4.69) is 15.0 Å². The second-order valence-corrected chi connectivity index (χ2v) is 6.05. The Morgan fingerprint density at radius 3 is 2.82 bits per heavy atom. The molecule has 0 atom stereocenters. The number of aromatic nitrogens is 4. The van der Waals surface area contributed by atoms with E-state index in [4.69, 9.17) is 9.47 Å². The molecule has 0 aliphatic heterocycles. The molecule has 0 bridgehead atoms. The van der Waals surface area contributed by atoms with Gasteiger partial charge in [-0.15, -0.1) is 0 Å². The van der Waals surface area contributed by atoms with Crippen molar-refractivity contribution in [3.63, 3.8) is 0 Å². The van der Waals surface area contributed by atoms with Gasteiger partial charge in [-0.3, -0.25) is 4.79 Å². The van der Waals surface area contributed by atoms with Crippen LogP contribution in [0.25, 0.3) is 27.8 Å². The van der Waals surface area contributed by atoms with Crippen molar-refractivity contribution in [2.75, 3.05) is 20.3 Å². The predicted molar refractivity (Wildman–Crippen MR) is 102 cm³/mol. The molecule has 0 saturated carbocycles. The maximum Gasteiger partial charge on any atom is 0.260 e. The number of aromatic amines is 1. The lowest BCUT2D eigenvalue weighted by Gasteiger charge is -2.05. The first-order chi connectivity index (χ1) is 13.7. The van der Waals surface area contributed by atoms with Crippen molar-refractivity contribution >= 4 is 11.0 Å². The minimum absolute atomic E-state index is 0.282. The number of rotatable bonds is 6. The Morgan fingerprint density at radius 1 is 1.18 bits per heavy atom. The number of hydrogen-bond donors (Lipinski definition) is 1. The van der Waals surface area contributed by atoms with Crippen LogP contribution >= 0.6 is 0 Å². The summed E-state index contributed by atoms with van der Waals surface area (Å²) in [5.74, 6) is 0.0895. The summed E-state index contributed by atoms with van der Waals surface area (Å²) in [5, 5.41) is 0.404. The number of H-pyrrole nitrogens is 1. The first-order valence-corrected chi connectivity index (χ1v) is 8.60. The summed E-state index contributed by atoms with van der Waals surface area (Å²) in [7, 11) is 1.60. The van der Waals surface area contributed by atoms with Gasteiger partial charge in [0.25, 0.3) is 5.56 Å². The van der Waals surface area contributed by atoms with Crippen molar-refractivity contribution in [1.82, 2.24) is 19.5 Å². The van der Waals surface area contributed by atoms with E-state index in [-0.39, 0.29) is 11.4 Å². The largest absolute Gasteiger partial charge is 0.475 e. The Kier molecular flexibility index (Phi) is 4.86. The quantitative estimate of drug-likeness (QED) is 0.520. The number of hydrogen-bond acceptors (Lipinski definition) is 5. The number of halogens is 1. The molecule has 0 fully saturated rings. The molecule has 4 aromatic rings. The third-order valence-corrected chi connectivity index (χ3v) is 4.26. The molecule has 3 heterocycles. The lowest BCUT2D eigenvalue weighted by Crippen LogP contribution is -2.07. The van der Waals surface area contributed by atoms with Crippen LogP contribution in [0.5, 0.6) is 5.88 Å². The summed E-state index contributed by atoms with van der Waals surface area (Å²) in [4.78, 5) is 23.6. The molecule has 0 spiro atoms. The zero-order valence-corrected chi connectivity index (χ0v) is 15.1. The number of fused-ring (bicyclic) bond motifs is 1. The van der Waals surface area contributed by atoms with Crippen molar-refractivity contribution < 1.29 is 13.9 Å². The molecule has 3 aromatic heterocycles. The minimum atomic E-state index is -0.370. The standard InChI is InChI=1S/C20H17FN4O3/c1-27-7-8-28-17-6-5-13(10-22-17)16-11-25(15-4-2-3-14(21)9-15)19-18(16)20(26)24-12-23-19/h2-6,9-12H,7-8H2,1H3,(H,23,24,26). The number of nitrogens with one attached hydrogen (secondary N) is 1. The van der Waals surface area contributed by atoms with Crippen molar-refractivity contribution in [2.24, 2.45) is 0 Å². The van der Waals surface area contributed by atoms with Crippen molar-refractivity contribution in [3.05, 3.63) is 71.3 Å². The first kappa shape index (κ1) is 17.9. The summed E-state index contributed by atoms with van der Waals surface area (Å²) < 4.78 is 25.8. The lowest BCUT2D eigenvalue weighted by atomic mass is 10.1. The van der Waals surface area contributed by atoms with Gasteiger partial charge >= 0.3 is 0 Å². The van der Waals surface area contributed by atoms with Crippen LogP contribution in [0.15, 0.2) is 59.9 Å². The molecule has 0 unspecified atom stereocenters. The molecule has 28 heavy (non-hydrogen) atoms. The molecule has 142 valence electrons. The fourth-order valence-corrected chi connectivity index (χ4v) is 2.97. The summed E-state index contributed by atoms with van der Waals surface area (Å²) in [6, 6.07) is 9.64. The Morgan fingerprint density at radius 2 is 2.07 bits per heavy atom. The molecule has 1 N–H and O–H groups in total. The van der Waals surface area contributed by atoms with E-state index in [1.54, 1.807) is 42.3 Å². The van der Waals surface area contributed by atoms with Crippen molar-refractivity contribution in [3.8, 4) is 22.7 Å². The molecule has 0 aliphatic carbocycles. The van der Waals surface area contributed by atoms with Gasteiger partial charge in [0.15, 0.2) is 5.65 Å². The molecular formula is C20H17FN4O3. The second kappa shape index (κ2) is 7.61. The van der Waals surface area contributed by atoms with Crippen molar-refractivity contribution in [2.45, 2.75) is 0 Å². The summed E-state index contributed by atoms with van der Waals surface area (Å²) in [5.41, 5.74) is 2.09. The van der Waals surface area contributed by atoms with Crippen LogP contribution in [0.1, 0.15) is 0 Å². The molecule has 0 radical (unpaired) electrons. The molecule has 0 amide bonds. The molecule has 7 nitrogen and oxygen atoms in total. The van der Waals surface area contributed by atoms with Gasteiger partial charge in [0.2, 0.25) is 5.88 Å². The second-order valence-electron chi connectivity index (χ2n) is 6.05. The van der Waals surface area contributed by atoms with Gasteiger partial charge in [-0.05, 0) is 24.3 Å². The van der Waals surface area contributed by atoms with E-state index >= 15 is 0 Å². The molecular weight excluding hydrogens is 363 g/mol. The van der Waals surface area contributed by atoms with E-state index in [0.29, 0.717) is 41.4 Å². The van der Waals surface area contributed by atoms with Crippen molar-refractivity contribution in [1.29, 1.82) is 0 Å². The Labute approximate surface area is 159 Å². The van der Waals surface area contributed by atoms with Crippen LogP contribution < -0.4 is 10.3 Å². The van der Waals surface area contributed by atoms with Gasteiger partial charge in [-0.1, -0.05) is 6.07 Å². The molecule has 4 rings (SSSR count). The molecule has 0 aliphatic rings. The predicted octanol–water partition coefficient (Wildman–Crippen LogP) is 2.94. The van der Waals surface area contributed by atoms with Crippen LogP contribution in [0, 0.1) is 5.82 Å². The Hall–Kier alpha value is -3.52. The molecule has 0 saturated heterocycles. The van der Waals surface area contributed by atoms with Gasteiger partial charge < -0.3 is 19.0 Å². The highest BCUT2D eigenvalue weighted by Crippen LogP contribution is 2.29. The Balaban J connectivity index is 1.80.